The summed E-state index contributed by atoms with van der Waals surface area (Å²) in [6.07, 6.45) is 0.731. The van der Waals surface area contributed by atoms with E-state index in [0.29, 0.717) is 26.1 Å². The van der Waals surface area contributed by atoms with Gasteiger partial charge in [-0.2, -0.15) is 0 Å². The Morgan fingerprint density at radius 1 is 1.38 bits per heavy atom. The zero-order valence-corrected chi connectivity index (χ0v) is 15.0. The van der Waals surface area contributed by atoms with Crippen molar-refractivity contribution >= 4 is 21.8 Å². The molecule has 0 aromatic heterocycles. The zero-order valence-electron chi connectivity index (χ0n) is 14.2. The molecule has 10 heteroatoms. The van der Waals surface area contributed by atoms with Gasteiger partial charge in [0.2, 0.25) is 15.9 Å². The van der Waals surface area contributed by atoms with E-state index < -0.39 is 27.7 Å². The lowest BCUT2D eigenvalue weighted by Gasteiger charge is -2.31. The molecule has 0 saturated carbocycles. The second-order valence-electron chi connectivity index (χ2n) is 6.61. The van der Waals surface area contributed by atoms with Crippen LogP contribution in [0, 0.1) is 0 Å². The molecular formula is C16H19N3O6S. The van der Waals surface area contributed by atoms with Gasteiger partial charge in [0.25, 0.3) is 5.91 Å². The van der Waals surface area contributed by atoms with E-state index in [4.69, 9.17) is 14.6 Å². The van der Waals surface area contributed by atoms with Gasteiger partial charge < -0.3 is 19.3 Å². The van der Waals surface area contributed by atoms with Crippen molar-refractivity contribution in [3.8, 4) is 5.75 Å². The molecule has 3 aliphatic heterocycles. The summed E-state index contributed by atoms with van der Waals surface area (Å²) in [6, 6.07) is 3.51. The van der Waals surface area contributed by atoms with E-state index in [2.05, 4.69) is 0 Å². The Kier molecular flexibility index (Phi) is 3.76. The van der Waals surface area contributed by atoms with Crippen LogP contribution in [0.25, 0.3) is 0 Å². The fourth-order valence-corrected chi connectivity index (χ4v) is 4.76. The van der Waals surface area contributed by atoms with Crippen LogP contribution in [0.15, 0.2) is 23.1 Å². The highest BCUT2D eigenvalue weighted by Crippen LogP contribution is 2.46. The molecule has 3 heterocycles. The van der Waals surface area contributed by atoms with Crippen molar-refractivity contribution in [3.05, 3.63) is 23.8 Å². The largest absolute Gasteiger partial charge is 0.496 e. The van der Waals surface area contributed by atoms with Crippen LogP contribution >= 0.6 is 0 Å². The van der Waals surface area contributed by atoms with Crippen molar-refractivity contribution in [1.82, 2.24) is 9.80 Å². The maximum atomic E-state index is 13.2. The van der Waals surface area contributed by atoms with Crippen molar-refractivity contribution in [2.24, 2.45) is 5.14 Å². The molecule has 1 aromatic rings. The standard InChI is InChI=1S/C16H19N3O6S/c1-24-12-3-2-10(26(17,22)23)8-11(12)15(21)18-5-4-16-13(18)9-14(20)19(16)6-7-25-16/h2-3,8,13H,4-7,9H2,1H3,(H2,17,22,23)/t13-,16+/m1/s1. The fourth-order valence-electron chi connectivity index (χ4n) is 4.22. The Morgan fingerprint density at radius 3 is 2.85 bits per heavy atom. The molecule has 4 rings (SSSR count). The Labute approximate surface area is 150 Å². The van der Waals surface area contributed by atoms with Crippen LogP contribution in [0.3, 0.4) is 0 Å². The van der Waals surface area contributed by atoms with Crippen LogP contribution < -0.4 is 9.88 Å². The maximum absolute atomic E-state index is 13.2. The number of methoxy groups -OCH3 is 1. The van der Waals surface area contributed by atoms with Crippen LogP contribution in [0.2, 0.25) is 0 Å². The smallest absolute Gasteiger partial charge is 0.258 e. The number of ether oxygens (including phenoxy) is 2. The summed E-state index contributed by atoms with van der Waals surface area (Å²) in [4.78, 5) is 28.5. The molecule has 26 heavy (non-hydrogen) atoms. The van der Waals surface area contributed by atoms with Crippen molar-refractivity contribution in [1.29, 1.82) is 0 Å². The molecule has 0 unspecified atom stereocenters. The van der Waals surface area contributed by atoms with E-state index in [1.165, 1.54) is 25.3 Å². The minimum atomic E-state index is -3.96. The second kappa shape index (κ2) is 5.66. The Hall–Kier alpha value is -2.17. The number of rotatable bonds is 3. The number of carbonyl (C=O) groups excluding carboxylic acids is 2. The monoisotopic (exact) mass is 381 g/mol. The third-order valence-electron chi connectivity index (χ3n) is 5.39. The van der Waals surface area contributed by atoms with Crippen molar-refractivity contribution in [2.75, 3.05) is 26.8 Å². The first-order valence-electron chi connectivity index (χ1n) is 8.24. The zero-order chi connectivity index (χ0) is 18.7. The summed E-state index contributed by atoms with van der Waals surface area (Å²) in [5.74, 6) is -0.188. The quantitative estimate of drug-likeness (QED) is 0.755. The second-order valence-corrected chi connectivity index (χ2v) is 8.18. The van der Waals surface area contributed by atoms with Gasteiger partial charge >= 0.3 is 0 Å². The molecule has 1 spiro atoms. The number of benzene rings is 1. The highest BCUT2D eigenvalue weighted by atomic mass is 32.2. The average Bonchev–Trinajstić information content (AvgIpc) is 3.24. The molecule has 0 bridgehead atoms. The summed E-state index contributed by atoms with van der Waals surface area (Å²) in [6.45, 7) is 1.39. The number of hydrogen-bond donors (Lipinski definition) is 1. The van der Waals surface area contributed by atoms with Crippen molar-refractivity contribution in [2.45, 2.75) is 29.5 Å². The predicted octanol–water partition coefficient (Wildman–Crippen LogP) is -0.484. The van der Waals surface area contributed by atoms with Crippen LogP contribution in [-0.4, -0.2) is 68.6 Å². The fraction of sp³-hybridized carbons (Fsp3) is 0.500. The first kappa shape index (κ1) is 17.3. The van der Waals surface area contributed by atoms with Gasteiger partial charge in [-0.15, -0.1) is 0 Å². The Morgan fingerprint density at radius 2 is 2.15 bits per heavy atom. The summed E-state index contributed by atoms with van der Waals surface area (Å²) >= 11 is 0. The third-order valence-corrected chi connectivity index (χ3v) is 6.30. The number of sulfonamides is 1. The lowest BCUT2D eigenvalue weighted by molar-refractivity contribution is -0.136. The molecule has 3 saturated heterocycles. The van der Waals surface area contributed by atoms with Gasteiger partial charge in [-0.1, -0.05) is 0 Å². The average molecular weight is 381 g/mol. The first-order valence-corrected chi connectivity index (χ1v) is 9.79. The highest BCUT2D eigenvalue weighted by molar-refractivity contribution is 7.89. The molecule has 3 aliphatic rings. The van der Waals surface area contributed by atoms with Gasteiger partial charge in [-0.05, 0) is 18.2 Å². The summed E-state index contributed by atoms with van der Waals surface area (Å²) in [7, 11) is -2.56. The molecule has 9 nitrogen and oxygen atoms in total. The lowest BCUT2D eigenvalue weighted by atomic mass is 10.1. The van der Waals surface area contributed by atoms with Gasteiger partial charge in [-0.25, -0.2) is 13.6 Å². The SMILES string of the molecule is COc1ccc(S(N)(=O)=O)cc1C(=O)N1CC[C@@]23OCCN2C(=O)C[C@@H]13. The van der Waals surface area contributed by atoms with E-state index in [0.717, 1.165) is 0 Å². The lowest BCUT2D eigenvalue weighted by Crippen LogP contribution is -2.48. The number of likely N-dealkylation sites (tertiary alicyclic amines) is 1. The minimum absolute atomic E-state index is 0.0322. The van der Waals surface area contributed by atoms with Gasteiger partial charge in [0, 0.05) is 19.5 Å². The van der Waals surface area contributed by atoms with Crippen LogP contribution in [0.1, 0.15) is 23.2 Å². The highest BCUT2D eigenvalue weighted by Gasteiger charge is 2.63. The molecule has 3 fully saturated rings. The molecule has 1 aromatic carbocycles. The first-order chi connectivity index (χ1) is 12.3. The Balaban J connectivity index is 1.72. The normalized spacial score (nSPS) is 27.6. The van der Waals surface area contributed by atoms with Crippen LogP contribution in [0.5, 0.6) is 5.75 Å². The Bertz CT molecular complexity index is 901. The van der Waals surface area contributed by atoms with E-state index in [1.807, 2.05) is 0 Å². The molecule has 2 N–H and O–H groups in total. The molecule has 0 radical (unpaired) electrons. The number of nitrogens with zero attached hydrogens (tertiary/aromatic N) is 2. The number of hydrogen-bond acceptors (Lipinski definition) is 6. The predicted molar refractivity (Wildman–Crippen MR) is 88.8 cm³/mol. The molecular weight excluding hydrogens is 362 g/mol. The number of carbonyl (C=O) groups is 2. The number of primary sulfonamides is 1. The van der Waals surface area contributed by atoms with Gasteiger partial charge in [0.15, 0.2) is 5.72 Å². The van der Waals surface area contributed by atoms with Crippen LogP contribution in [-0.2, 0) is 19.6 Å². The molecule has 0 aliphatic carbocycles. The van der Waals surface area contributed by atoms with E-state index in [9.17, 15) is 18.0 Å². The van der Waals surface area contributed by atoms with E-state index in [1.54, 1.807) is 9.80 Å². The van der Waals surface area contributed by atoms with E-state index >= 15 is 0 Å². The molecule has 2 amide bonds. The topological polar surface area (TPSA) is 119 Å². The van der Waals surface area contributed by atoms with Crippen molar-refractivity contribution in [3.63, 3.8) is 0 Å². The summed E-state index contributed by atoms with van der Waals surface area (Å²) < 4.78 is 34.4. The summed E-state index contributed by atoms with van der Waals surface area (Å²) in [5.41, 5.74) is -0.655. The van der Waals surface area contributed by atoms with E-state index in [-0.39, 0.29) is 28.5 Å². The van der Waals surface area contributed by atoms with Gasteiger partial charge in [0.05, 0.1) is 36.6 Å². The minimum Gasteiger partial charge on any atom is -0.496 e. The van der Waals surface area contributed by atoms with Gasteiger partial charge in [0.1, 0.15) is 5.75 Å². The van der Waals surface area contributed by atoms with Crippen molar-refractivity contribution < 1.29 is 27.5 Å². The molecule has 2 atom stereocenters. The number of nitrogens with two attached hydrogens (primary N) is 1. The van der Waals surface area contributed by atoms with Crippen LogP contribution in [0.4, 0.5) is 0 Å². The third kappa shape index (κ3) is 2.32. The number of amides is 2. The van der Waals surface area contributed by atoms with Gasteiger partial charge in [-0.3, -0.25) is 9.59 Å². The summed E-state index contributed by atoms with van der Waals surface area (Å²) in [5, 5.41) is 5.18. The molecule has 140 valence electrons. The maximum Gasteiger partial charge on any atom is 0.258 e.